The van der Waals surface area contributed by atoms with E-state index in [1.54, 1.807) is 49.4 Å². The van der Waals surface area contributed by atoms with Crippen molar-refractivity contribution in [1.82, 2.24) is 9.55 Å². The largest absolute Gasteiger partial charge is 0.457 e. The van der Waals surface area contributed by atoms with Crippen LogP contribution in [0.25, 0.3) is 10.2 Å². The van der Waals surface area contributed by atoms with Crippen molar-refractivity contribution in [3.63, 3.8) is 0 Å². The maximum Gasteiger partial charge on any atom is 0.263 e. The first-order chi connectivity index (χ1) is 16.4. The number of hydrogen-bond donors (Lipinski definition) is 1. The lowest BCUT2D eigenvalue weighted by molar-refractivity contribution is -0.118. The van der Waals surface area contributed by atoms with Crippen LogP contribution in [-0.4, -0.2) is 15.5 Å². The number of nitrogens with one attached hydrogen (secondary N) is 1. The third kappa shape index (κ3) is 4.23. The quantitative estimate of drug-likeness (QED) is 0.393. The Morgan fingerprint density at radius 3 is 2.59 bits per heavy atom. The summed E-state index contributed by atoms with van der Waals surface area (Å²) < 4.78 is 7.33. The molecule has 2 aromatic heterocycles. The molecule has 7 heteroatoms. The normalized spacial score (nSPS) is 16.1. The van der Waals surface area contributed by atoms with Gasteiger partial charge in [0.15, 0.2) is 0 Å². The summed E-state index contributed by atoms with van der Waals surface area (Å²) in [7, 11) is 0. The van der Waals surface area contributed by atoms with Crippen molar-refractivity contribution in [3.05, 3.63) is 81.2 Å². The van der Waals surface area contributed by atoms with Gasteiger partial charge in [-0.2, -0.15) is 0 Å². The Bertz CT molecular complexity index is 1410. The van der Waals surface area contributed by atoms with Gasteiger partial charge in [-0.25, -0.2) is 4.98 Å². The van der Waals surface area contributed by atoms with Gasteiger partial charge in [-0.3, -0.25) is 14.2 Å². The maximum atomic E-state index is 13.5. The van der Waals surface area contributed by atoms with Crippen molar-refractivity contribution in [2.75, 3.05) is 5.32 Å². The molecule has 0 spiro atoms. The minimum absolute atomic E-state index is 0.121. The van der Waals surface area contributed by atoms with Gasteiger partial charge in [-0.1, -0.05) is 25.1 Å². The van der Waals surface area contributed by atoms with Gasteiger partial charge in [0, 0.05) is 10.6 Å². The highest BCUT2D eigenvalue weighted by Crippen LogP contribution is 2.36. The highest BCUT2D eigenvalue weighted by molar-refractivity contribution is 7.18. The SMILES string of the molecule is Cc1nc2sc3c(c2c(=O)n1C(C)C(=O)Nc1ccc(Oc2ccccc2)cc1)CCC(C)C3. The van der Waals surface area contributed by atoms with E-state index in [0.717, 1.165) is 35.4 Å². The van der Waals surface area contributed by atoms with E-state index in [4.69, 9.17) is 9.72 Å². The number of nitrogens with zero attached hydrogens (tertiary/aromatic N) is 2. The molecule has 1 amide bonds. The van der Waals surface area contributed by atoms with Gasteiger partial charge in [-0.15, -0.1) is 11.3 Å². The van der Waals surface area contributed by atoms with Gasteiger partial charge in [0.05, 0.1) is 5.39 Å². The highest BCUT2D eigenvalue weighted by Gasteiger charge is 2.26. The second-order valence-corrected chi connectivity index (χ2v) is 10.1. The Kier molecular flexibility index (Phi) is 5.96. The molecule has 1 N–H and O–H groups in total. The Labute approximate surface area is 202 Å². The molecule has 4 aromatic rings. The summed E-state index contributed by atoms with van der Waals surface area (Å²) in [4.78, 5) is 33.4. The number of fused-ring (bicyclic) bond motifs is 3. The van der Waals surface area contributed by atoms with E-state index in [-0.39, 0.29) is 11.5 Å². The van der Waals surface area contributed by atoms with Crippen molar-refractivity contribution in [2.24, 2.45) is 5.92 Å². The lowest BCUT2D eigenvalue weighted by atomic mass is 9.89. The van der Waals surface area contributed by atoms with Gasteiger partial charge in [0.1, 0.15) is 28.2 Å². The summed E-state index contributed by atoms with van der Waals surface area (Å²) in [5.41, 5.74) is 1.65. The van der Waals surface area contributed by atoms with Gasteiger partial charge in [0.2, 0.25) is 5.91 Å². The molecule has 2 heterocycles. The van der Waals surface area contributed by atoms with Crippen LogP contribution in [0, 0.1) is 12.8 Å². The average Bonchev–Trinajstić information content (AvgIpc) is 3.18. The average molecular weight is 474 g/mol. The first kappa shape index (κ1) is 22.3. The van der Waals surface area contributed by atoms with Crippen molar-refractivity contribution in [2.45, 2.75) is 46.1 Å². The monoisotopic (exact) mass is 473 g/mol. The van der Waals surface area contributed by atoms with Crippen LogP contribution in [0.3, 0.4) is 0 Å². The molecule has 1 aliphatic carbocycles. The van der Waals surface area contributed by atoms with Crippen LogP contribution < -0.4 is 15.6 Å². The summed E-state index contributed by atoms with van der Waals surface area (Å²) in [5.74, 6) is 2.34. The minimum Gasteiger partial charge on any atom is -0.457 e. The molecule has 34 heavy (non-hydrogen) atoms. The third-order valence-electron chi connectivity index (χ3n) is 6.41. The first-order valence-electron chi connectivity index (χ1n) is 11.6. The molecule has 0 fully saturated rings. The fourth-order valence-corrected chi connectivity index (χ4v) is 5.97. The molecular formula is C27H27N3O3S. The van der Waals surface area contributed by atoms with Crippen molar-refractivity contribution in [1.29, 1.82) is 0 Å². The lowest BCUT2D eigenvalue weighted by Crippen LogP contribution is -2.34. The molecular weight excluding hydrogens is 446 g/mol. The maximum absolute atomic E-state index is 13.5. The van der Waals surface area contributed by atoms with Crippen LogP contribution in [0.15, 0.2) is 59.4 Å². The number of anilines is 1. The van der Waals surface area contributed by atoms with Gasteiger partial charge in [0.25, 0.3) is 5.56 Å². The molecule has 2 atom stereocenters. The van der Waals surface area contributed by atoms with Gasteiger partial charge >= 0.3 is 0 Å². The second kappa shape index (κ2) is 9.06. The molecule has 174 valence electrons. The number of ether oxygens (including phenoxy) is 1. The predicted octanol–water partition coefficient (Wildman–Crippen LogP) is 5.88. The molecule has 6 nitrogen and oxygen atoms in total. The lowest BCUT2D eigenvalue weighted by Gasteiger charge is -2.19. The Hall–Kier alpha value is -3.45. The van der Waals surface area contributed by atoms with Gasteiger partial charge < -0.3 is 10.1 Å². The molecule has 0 radical (unpaired) electrons. The molecule has 1 aliphatic rings. The Morgan fingerprint density at radius 2 is 1.85 bits per heavy atom. The van der Waals surface area contributed by atoms with E-state index in [1.807, 2.05) is 30.3 Å². The van der Waals surface area contributed by atoms with Crippen LogP contribution in [0.2, 0.25) is 0 Å². The molecule has 0 saturated heterocycles. The van der Waals surface area contributed by atoms with Crippen molar-refractivity contribution >= 4 is 33.1 Å². The summed E-state index contributed by atoms with van der Waals surface area (Å²) in [5, 5.41) is 3.61. The van der Waals surface area contributed by atoms with Crippen LogP contribution >= 0.6 is 11.3 Å². The topological polar surface area (TPSA) is 73.2 Å². The summed E-state index contributed by atoms with van der Waals surface area (Å²) >= 11 is 1.63. The zero-order valence-corrected chi connectivity index (χ0v) is 20.3. The number of benzene rings is 2. The number of aryl methyl sites for hydroxylation is 2. The molecule has 2 aromatic carbocycles. The third-order valence-corrected chi connectivity index (χ3v) is 7.55. The molecule has 2 unspecified atom stereocenters. The number of hydrogen-bond acceptors (Lipinski definition) is 5. The van der Waals surface area contributed by atoms with Crippen LogP contribution in [0.4, 0.5) is 5.69 Å². The van der Waals surface area contributed by atoms with Crippen LogP contribution in [0.1, 0.15) is 42.6 Å². The van der Waals surface area contributed by atoms with Crippen LogP contribution in [-0.2, 0) is 17.6 Å². The van der Waals surface area contributed by atoms with Crippen molar-refractivity contribution in [3.8, 4) is 11.5 Å². The fraction of sp³-hybridized carbons (Fsp3) is 0.296. The number of para-hydroxylation sites is 1. The molecule has 0 saturated carbocycles. The zero-order chi connectivity index (χ0) is 23.8. The Morgan fingerprint density at radius 1 is 1.15 bits per heavy atom. The minimum atomic E-state index is -0.692. The zero-order valence-electron chi connectivity index (χ0n) is 19.5. The van der Waals surface area contributed by atoms with E-state index >= 15 is 0 Å². The number of amides is 1. The van der Waals surface area contributed by atoms with E-state index in [0.29, 0.717) is 28.6 Å². The van der Waals surface area contributed by atoms with E-state index < -0.39 is 6.04 Å². The molecule has 5 rings (SSSR count). The highest BCUT2D eigenvalue weighted by atomic mass is 32.1. The van der Waals surface area contributed by atoms with Crippen LogP contribution in [0.5, 0.6) is 11.5 Å². The van der Waals surface area contributed by atoms with E-state index in [1.165, 1.54) is 9.44 Å². The van der Waals surface area contributed by atoms with E-state index in [9.17, 15) is 9.59 Å². The Balaban J connectivity index is 1.37. The first-order valence-corrected chi connectivity index (χ1v) is 12.4. The van der Waals surface area contributed by atoms with Gasteiger partial charge in [-0.05, 0) is 81.0 Å². The second-order valence-electron chi connectivity index (χ2n) is 8.97. The number of rotatable bonds is 5. The molecule has 0 bridgehead atoms. The smallest absolute Gasteiger partial charge is 0.263 e. The number of aromatic nitrogens is 2. The predicted molar refractivity (Wildman–Crippen MR) is 136 cm³/mol. The van der Waals surface area contributed by atoms with Crippen molar-refractivity contribution < 1.29 is 9.53 Å². The summed E-state index contributed by atoms with van der Waals surface area (Å²) in [6.07, 6.45) is 2.97. The van der Waals surface area contributed by atoms with E-state index in [2.05, 4.69) is 12.2 Å². The fourth-order valence-electron chi connectivity index (χ4n) is 4.55. The number of carbonyl (C=O) groups excluding carboxylic acids is 1. The summed E-state index contributed by atoms with van der Waals surface area (Å²) in [6.45, 7) is 5.78. The summed E-state index contributed by atoms with van der Waals surface area (Å²) in [6, 6.07) is 16.0. The number of carbonyl (C=O) groups is 1. The molecule has 0 aliphatic heterocycles. The standard InChI is InChI=1S/C27H27N3O3S/c1-16-9-14-22-23(15-16)34-26-24(22)27(32)30(18(3)28-26)17(2)25(31)29-19-10-12-21(13-11-19)33-20-7-5-4-6-8-20/h4-8,10-13,16-17H,9,14-15H2,1-3H3,(H,29,31). The number of thiophene rings is 1.